The molecule has 20 heavy (non-hydrogen) atoms. The van der Waals surface area contributed by atoms with E-state index in [-0.39, 0.29) is 12.7 Å². The zero-order chi connectivity index (χ0) is 14.4. The summed E-state index contributed by atoms with van der Waals surface area (Å²) < 4.78 is 9.96. The zero-order valence-corrected chi connectivity index (χ0v) is 11.7. The molecule has 0 N–H and O–H groups in total. The Morgan fingerprint density at radius 2 is 2.00 bits per heavy atom. The van der Waals surface area contributed by atoms with Gasteiger partial charge in [-0.2, -0.15) is 0 Å². The van der Waals surface area contributed by atoms with Crippen molar-refractivity contribution in [2.24, 2.45) is 0 Å². The topological polar surface area (TPSA) is 55.8 Å². The van der Waals surface area contributed by atoms with E-state index >= 15 is 0 Å². The molecule has 0 spiro atoms. The molecule has 1 fully saturated rings. The summed E-state index contributed by atoms with van der Waals surface area (Å²) in [7, 11) is 0. The van der Waals surface area contributed by atoms with Crippen molar-refractivity contribution in [1.82, 2.24) is 4.90 Å². The fraction of sp³-hybridized carbons (Fsp3) is 0.429. The van der Waals surface area contributed by atoms with Gasteiger partial charge in [0, 0.05) is 6.54 Å². The van der Waals surface area contributed by atoms with Gasteiger partial charge in [0.25, 0.3) is 0 Å². The van der Waals surface area contributed by atoms with Crippen LogP contribution in [0.3, 0.4) is 0 Å². The number of amides is 1. The van der Waals surface area contributed by atoms with E-state index in [0.29, 0.717) is 13.0 Å². The summed E-state index contributed by atoms with van der Waals surface area (Å²) in [5, 5.41) is 0. The summed E-state index contributed by atoms with van der Waals surface area (Å²) in [5.41, 5.74) is 0.911. The summed E-state index contributed by atoms with van der Waals surface area (Å²) in [6.45, 7) is 0.690. The average molecular weight is 298 g/mol. The van der Waals surface area contributed by atoms with Crippen molar-refractivity contribution in [3.63, 3.8) is 0 Å². The van der Waals surface area contributed by atoms with Crippen LogP contribution in [0.25, 0.3) is 0 Å². The third-order valence-electron chi connectivity index (χ3n) is 3.16. The quantitative estimate of drug-likeness (QED) is 0.633. The maximum atomic E-state index is 12.0. The molecule has 1 amide bonds. The Kier molecular flexibility index (Phi) is 5.24. The molecule has 1 aromatic carbocycles. The molecule has 1 saturated heterocycles. The van der Waals surface area contributed by atoms with Crippen LogP contribution in [0, 0.1) is 0 Å². The normalized spacial score (nSPS) is 17.9. The first-order valence-corrected chi connectivity index (χ1v) is 6.95. The number of hydrogen-bond acceptors (Lipinski definition) is 4. The van der Waals surface area contributed by atoms with Crippen LogP contribution in [-0.4, -0.2) is 35.6 Å². The van der Waals surface area contributed by atoms with Crippen LogP contribution in [-0.2, 0) is 20.9 Å². The second-order valence-electron chi connectivity index (χ2n) is 4.46. The molecule has 0 bridgehead atoms. The minimum atomic E-state index is -0.575. The molecule has 1 heterocycles. The number of ether oxygens (including phenoxy) is 2. The lowest BCUT2D eigenvalue weighted by molar-refractivity contribution is -0.149. The fourth-order valence-corrected chi connectivity index (χ4v) is 2.28. The van der Waals surface area contributed by atoms with Crippen molar-refractivity contribution in [2.45, 2.75) is 25.5 Å². The van der Waals surface area contributed by atoms with Gasteiger partial charge in [0.2, 0.25) is 0 Å². The highest BCUT2D eigenvalue weighted by Gasteiger charge is 2.36. The maximum Gasteiger partial charge on any atom is 0.411 e. The number of rotatable bonds is 4. The number of esters is 1. The Morgan fingerprint density at radius 3 is 2.70 bits per heavy atom. The molecular formula is C14H16ClNO4. The van der Waals surface area contributed by atoms with E-state index in [1.807, 2.05) is 30.3 Å². The first-order valence-electron chi connectivity index (χ1n) is 6.42. The molecule has 1 atom stereocenters. The Morgan fingerprint density at radius 1 is 1.25 bits per heavy atom. The monoisotopic (exact) mass is 297 g/mol. The second-order valence-corrected chi connectivity index (χ2v) is 4.68. The number of nitrogens with zero attached hydrogens (tertiary/aromatic N) is 1. The van der Waals surface area contributed by atoms with Gasteiger partial charge in [-0.1, -0.05) is 41.9 Å². The Hall–Kier alpha value is -1.75. The molecule has 1 aliphatic heterocycles. The third-order valence-corrected chi connectivity index (χ3v) is 3.27. The third kappa shape index (κ3) is 3.63. The summed E-state index contributed by atoms with van der Waals surface area (Å²) in [6.07, 6.45) is 0.771. The maximum absolute atomic E-state index is 12.0. The lowest BCUT2D eigenvalue weighted by Gasteiger charge is -2.22. The lowest BCUT2D eigenvalue weighted by Crippen LogP contribution is -2.41. The van der Waals surface area contributed by atoms with Gasteiger partial charge in [-0.15, -0.1) is 0 Å². The second kappa shape index (κ2) is 7.14. The first kappa shape index (κ1) is 14.7. The molecule has 0 aromatic heterocycles. The predicted octanol–water partition coefficient (Wildman–Crippen LogP) is 2.53. The molecule has 108 valence electrons. The number of carbonyl (C=O) groups is 2. The first-order chi connectivity index (χ1) is 9.72. The minimum Gasteiger partial charge on any atom is -0.459 e. The van der Waals surface area contributed by atoms with Crippen molar-refractivity contribution in [3.05, 3.63) is 35.9 Å². The number of halogens is 1. The predicted molar refractivity (Wildman–Crippen MR) is 73.2 cm³/mol. The largest absolute Gasteiger partial charge is 0.459 e. The lowest BCUT2D eigenvalue weighted by atomic mass is 10.2. The summed E-state index contributed by atoms with van der Waals surface area (Å²) in [6, 6.07) is 8.61. The summed E-state index contributed by atoms with van der Waals surface area (Å²) >= 11 is 5.36. The standard InChI is InChI=1S/C14H16ClNO4/c15-10-20-14(18)16-8-4-7-12(16)13(17)19-9-11-5-2-1-3-6-11/h1-3,5-6,12H,4,7-10H2. The molecule has 1 unspecified atom stereocenters. The van der Waals surface area contributed by atoms with Gasteiger partial charge in [-0.3, -0.25) is 4.90 Å². The number of benzene rings is 1. The Labute approximate surface area is 122 Å². The number of likely N-dealkylation sites (tertiary alicyclic amines) is 1. The molecule has 0 radical (unpaired) electrons. The van der Waals surface area contributed by atoms with E-state index < -0.39 is 18.1 Å². The van der Waals surface area contributed by atoms with Gasteiger partial charge in [0.1, 0.15) is 12.6 Å². The minimum absolute atomic E-state index is 0.203. The van der Waals surface area contributed by atoms with Crippen LogP contribution >= 0.6 is 11.6 Å². The molecule has 0 aliphatic carbocycles. The Bertz CT molecular complexity index is 466. The highest BCUT2D eigenvalue weighted by atomic mass is 35.5. The zero-order valence-electron chi connectivity index (χ0n) is 11.0. The summed E-state index contributed by atoms with van der Waals surface area (Å²) in [4.78, 5) is 25.0. The molecule has 5 nitrogen and oxygen atoms in total. The van der Waals surface area contributed by atoms with Crippen molar-refractivity contribution >= 4 is 23.7 Å². The van der Waals surface area contributed by atoms with Gasteiger partial charge in [-0.25, -0.2) is 9.59 Å². The van der Waals surface area contributed by atoms with Crippen molar-refractivity contribution in [3.8, 4) is 0 Å². The summed E-state index contributed by atoms with van der Waals surface area (Å²) in [5.74, 6) is -0.405. The fourth-order valence-electron chi connectivity index (χ4n) is 2.18. The van der Waals surface area contributed by atoms with Crippen molar-refractivity contribution in [1.29, 1.82) is 0 Å². The molecule has 0 saturated carbocycles. The van der Waals surface area contributed by atoms with Gasteiger partial charge in [0.05, 0.1) is 0 Å². The van der Waals surface area contributed by atoms with Gasteiger partial charge >= 0.3 is 12.1 Å². The van der Waals surface area contributed by atoms with E-state index in [9.17, 15) is 9.59 Å². The number of hydrogen-bond donors (Lipinski definition) is 0. The van der Waals surface area contributed by atoms with Crippen molar-refractivity contribution < 1.29 is 19.1 Å². The SMILES string of the molecule is O=C(OCc1ccccc1)C1CCCN1C(=O)OCCl. The van der Waals surface area contributed by atoms with Gasteiger partial charge < -0.3 is 9.47 Å². The molecule has 1 aliphatic rings. The molecule has 1 aromatic rings. The highest BCUT2D eigenvalue weighted by Crippen LogP contribution is 2.20. The van der Waals surface area contributed by atoms with Gasteiger partial charge in [0.15, 0.2) is 6.07 Å². The molecule has 6 heteroatoms. The number of alkyl halides is 1. The van der Waals surface area contributed by atoms with Crippen LogP contribution in [0.1, 0.15) is 18.4 Å². The smallest absolute Gasteiger partial charge is 0.411 e. The van der Waals surface area contributed by atoms with Crippen molar-refractivity contribution in [2.75, 3.05) is 12.6 Å². The van der Waals surface area contributed by atoms with Crippen LogP contribution in [0.4, 0.5) is 4.79 Å². The van der Waals surface area contributed by atoms with E-state index in [0.717, 1.165) is 12.0 Å². The number of carbonyl (C=O) groups excluding carboxylic acids is 2. The van der Waals surface area contributed by atoms with Gasteiger partial charge in [-0.05, 0) is 18.4 Å². The highest BCUT2D eigenvalue weighted by molar-refractivity contribution is 6.17. The van der Waals surface area contributed by atoms with Crippen LogP contribution < -0.4 is 0 Å². The average Bonchev–Trinajstić information content (AvgIpc) is 2.96. The van der Waals surface area contributed by atoms with E-state index in [2.05, 4.69) is 0 Å². The molecular weight excluding hydrogens is 282 g/mol. The van der Waals surface area contributed by atoms with Crippen LogP contribution in [0.5, 0.6) is 0 Å². The van der Waals surface area contributed by atoms with E-state index in [4.69, 9.17) is 21.1 Å². The van der Waals surface area contributed by atoms with Crippen LogP contribution in [0.15, 0.2) is 30.3 Å². The van der Waals surface area contributed by atoms with E-state index in [1.54, 1.807) is 0 Å². The van der Waals surface area contributed by atoms with Crippen LogP contribution in [0.2, 0.25) is 0 Å². The van der Waals surface area contributed by atoms with E-state index in [1.165, 1.54) is 4.90 Å². The molecule has 2 rings (SSSR count). The Balaban J connectivity index is 1.89.